The molecule has 0 bridgehead atoms. The number of aliphatic carboxylic acids is 1. The predicted molar refractivity (Wildman–Crippen MR) is 95.0 cm³/mol. The lowest BCUT2D eigenvalue weighted by Gasteiger charge is -2.12. The van der Waals surface area contributed by atoms with Gasteiger partial charge in [0.15, 0.2) is 17.4 Å². The molecule has 0 amide bonds. The van der Waals surface area contributed by atoms with Gasteiger partial charge in [-0.25, -0.2) is 13.8 Å². The molecule has 1 aromatic carbocycles. The number of carbonyl (C=O) groups is 1. The average Bonchev–Trinajstić information content (AvgIpc) is 3.18. The molecule has 6 nitrogen and oxygen atoms in total. The molecule has 0 aliphatic heterocycles. The van der Waals surface area contributed by atoms with Crippen LogP contribution in [0, 0.1) is 11.6 Å². The Morgan fingerprint density at radius 1 is 1.14 bits per heavy atom. The SMILES string of the molecule is O=C(O)CCCOc1c(F)cc(-c2cccnc2OCc2ccco2)cc1F. The summed E-state index contributed by atoms with van der Waals surface area (Å²) in [7, 11) is 0. The molecule has 8 heteroatoms. The number of aromatic nitrogens is 1. The summed E-state index contributed by atoms with van der Waals surface area (Å²) in [6, 6.07) is 8.95. The first-order valence-electron chi connectivity index (χ1n) is 8.49. The van der Waals surface area contributed by atoms with Crippen LogP contribution in [0.25, 0.3) is 11.1 Å². The Hall–Kier alpha value is -3.42. The Morgan fingerprint density at radius 3 is 2.61 bits per heavy atom. The van der Waals surface area contributed by atoms with Gasteiger partial charge in [0.2, 0.25) is 5.88 Å². The Labute approximate surface area is 159 Å². The van der Waals surface area contributed by atoms with Crippen LogP contribution in [0.3, 0.4) is 0 Å². The minimum absolute atomic E-state index is 0.107. The lowest BCUT2D eigenvalue weighted by molar-refractivity contribution is -0.137. The van der Waals surface area contributed by atoms with Crippen LogP contribution in [0.1, 0.15) is 18.6 Å². The maximum Gasteiger partial charge on any atom is 0.303 e. The molecule has 2 heterocycles. The summed E-state index contributed by atoms with van der Waals surface area (Å²) in [5.74, 6) is -2.56. The van der Waals surface area contributed by atoms with Crippen molar-refractivity contribution in [2.24, 2.45) is 0 Å². The number of ether oxygens (including phenoxy) is 2. The number of furan rings is 1. The third-order valence-electron chi connectivity index (χ3n) is 3.79. The van der Waals surface area contributed by atoms with E-state index >= 15 is 0 Å². The number of pyridine rings is 1. The summed E-state index contributed by atoms with van der Waals surface area (Å²) in [5.41, 5.74) is 0.639. The van der Waals surface area contributed by atoms with Crippen molar-refractivity contribution >= 4 is 5.97 Å². The summed E-state index contributed by atoms with van der Waals surface area (Å²) < 4.78 is 44.6. The van der Waals surface area contributed by atoms with Gasteiger partial charge in [0.1, 0.15) is 12.4 Å². The van der Waals surface area contributed by atoms with Crippen LogP contribution in [0.5, 0.6) is 11.6 Å². The topological polar surface area (TPSA) is 81.8 Å². The summed E-state index contributed by atoms with van der Waals surface area (Å²) in [4.78, 5) is 14.6. The summed E-state index contributed by atoms with van der Waals surface area (Å²) in [6.07, 6.45) is 3.02. The smallest absolute Gasteiger partial charge is 0.303 e. The third-order valence-corrected chi connectivity index (χ3v) is 3.79. The molecule has 0 radical (unpaired) electrons. The van der Waals surface area contributed by atoms with Gasteiger partial charge in [-0.2, -0.15) is 0 Å². The van der Waals surface area contributed by atoms with Crippen LogP contribution in [-0.4, -0.2) is 22.7 Å². The van der Waals surface area contributed by atoms with E-state index in [1.807, 2.05) is 0 Å². The summed E-state index contributed by atoms with van der Waals surface area (Å²) in [5, 5.41) is 8.59. The van der Waals surface area contributed by atoms with Gasteiger partial charge in [0, 0.05) is 18.2 Å². The van der Waals surface area contributed by atoms with Crippen LogP contribution in [0.15, 0.2) is 53.3 Å². The first kappa shape index (κ1) is 19.3. The highest BCUT2D eigenvalue weighted by atomic mass is 19.1. The predicted octanol–water partition coefficient (Wildman–Crippen LogP) is 4.44. The number of nitrogens with zero attached hydrogens (tertiary/aromatic N) is 1. The van der Waals surface area contributed by atoms with Gasteiger partial charge in [0.25, 0.3) is 0 Å². The third kappa shape index (κ3) is 4.85. The van der Waals surface area contributed by atoms with Crippen LogP contribution in [0.2, 0.25) is 0 Å². The number of hydrogen-bond acceptors (Lipinski definition) is 5. The maximum absolute atomic E-state index is 14.4. The molecule has 28 heavy (non-hydrogen) atoms. The second-order valence-corrected chi connectivity index (χ2v) is 5.84. The van der Waals surface area contributed by atoms with Gasteiger partial charge in [-0.15, -0.1) is 0 Å². The number of benzene rings is 1. The van der Waals surface area contributed by atoms with E-state index in [-0.39, 0.29) is 37.5 Å². The molecule has 0 spiro atoms. The molecule has 0 aliphatic carbocycles. The lowest BCUT2D eigenvalue weighted by atomic mass is 10.1. The molecular formula is C20H17F2NO5. The molecule has 3 aromatic rings. The van der Waals surface area contributed by atoms with Crippen molar-refractivity contribution in [2.45, 2.75) is 19.4 Å². The fourth-order valence-electron chi connectivity index (χ4n) is 2.51. The molecule has 146 valence electrons. The number of halogens is 2. The molecule has 0 atom stereocenters. The molecular weight excluding hydrogens is 372 g/mol. The van der Waals surface area contributed by atoms with E-state index in [4.69, 9.17) is 19.0 Å². The van der Waals surface area contributed by atoms with Crippen LogP contribution >= 0.6 is 0 Å². The first-order valence-corrected chi connectivity index (χ1v) is 8.49. The zero-order valence-electron chi connectivity index (χ0n) is 14.7. The van der Waals surface area contributed by atoms with Crippen LogP contribution in [0.4, 0.5) is 8.78 Å². The largest absolute Gasteiger partial charge is 0.488 e. The molecule has 0 saturated carbocycles. The van der Waals surface area contributed by atoms with Crippen molar-refractivity contribution in [3.05, 3.63) is 66.3 Å². The van der Waals surface area contributed by atoms with Crippen molar-refractivity contribution in [2.75, 3.05) is 6.61 Å². The van der Waals surface area contributed by atoms with Gasteiger partial charge < -0.3 is 19.0 Å². The molecule has 0 fully saturated rings. The monoisotopic (exact) mass is 389 g/mol. The minimum atomic E-state index is -1.00. The van der Waals surface area contributed by atoms with Crippen molar-refractivity contribution in [3.63, 3.8) is 0 Å². The molecule has 0 aliphatic rings. The highest BCUT2D eigenvalue weighted by molar-refractivity contribution is 5.69. The Kier molecular flexibility index (Phi) is 6.21. The second kappa shape index (κ2) is 8.98. The number of hydrogen-bond donors (Lipinski definition) is 1. The second-order valence-electron chi connectivity index (χ2n) is 5.84. The van der Waals surface area contributed by atoms with Crippen molar-refractivity contribution in [1.29, 1.82) is 0 Å². The summed E-state index contributed by atoms with van der Waals surface area (Å²) in [6.45, 7) is 0.0106. The van der Waals surface area contributed by atoms with Crippen molar-refractivity contribution in [1.82, 2.24) is 4.98 Å². The van der Waals surface area contributed by atoms with E-state index in [0.29, 0.717) is 11.3 Å². The number of carboxylic acids is 1. The average molecular weight is 389 g/mol. The fraction of sp³-hybridized carbons (Fsp3) is 0.200. The van der Waals surface area contributed by atoms with Gasteiger partial charge in [0.05, 0.1) is 12.9 Å². The van der Waals surface area contributed by atoms with Gasteiger partial charge in [-0.1, -0.05) is 0 Å². The van der Waals surface area contributed by atoms with E-state index < -0.39 is 23.4 Å². The molecule has 2 aromatic heterocycles. The van der Waals surface area contributed by atoms with Gasteiger partial charge >= 0.3 is 5.97 Å². The zero-order chi connectivity index (χ0) is 19.9. The van der Waals surface area contributed by atoms with E-state index in [1.54, 1.807) is 24.3 Å². The zero-order valence-corrected chi connectivity index (χ0v) is 14.7. The fourth-order valence-corrected chi connectivity index (χ4v) is 2.51. The van der Waals surface area contributed by atoms with E-state index in [2.05, 4.69) is 4.98 Å². The normalized spacial score (nSPS) is 10.6. The van der Waals surface area contributed by atoms with E-state index in [1.165, 1.54) is 12.5 Å². The quantitative estimate of drug-likeness (QED) is 0.545. The lowest BCUT2D eigenvalue weighted by Crippen LogP contribution is -2.05. The highest BCUT2D eigenvalue weighted by Gasteiger charge is 2.17. The van der Waals surface area contributed by atoms with Crippen LogP contribution < -0.4 is 9.47 Å². The van der Waals surface area contributed by atoms with Gasteiger partial charge in [-0.05, 0) is 48.4 Å². The van der Waals surface area contributed by atoms with Crippen molar-refractivity contribution < 1.29 is 32.6 Å². The number of rotatable bonds is 9. The van der Waals surface area contributed by atoms with Gasteiger partial charge in [-0.3, -0.25) is 4.79 Å². The minimum Gasteiger partial charge on any atom is -0.488 e. The molecule has 3 rings (SSSR count). The number of carboxylic acid groups (broad SMARTS) is 1. The summed E-state index contributed by atoms with van der Waals surface area (Å²) >= 11 is 0. The Morgan fingerprint density at radius 2 is 1.93 bits per heavy atom. The van der Waals surface area contributed by atoms with E-state index in [0.717, 1.165) is 12.1 Å². The standard InChI is InChI=1S/C20H17F2NO5/c21-16-10-13(11-17(22)19(16)27-9-3-6-18(24)25)15-5-1-7-23-20(15)28-12-14-4-2-8-26-14/h1-2,4-5,7-8,10-11H,3,6,9,12H2,(H,24,25). The highest BCUT2D eigenvalue weighted by Crippen LogP contribution is 2.33. The van der Waals surface area contributed by atoms with E-state index in [9.17, 15) is 13.6 Å². The Balaban J connectivity index is 1.77. The maximum atomic E-state index is 14.4. The Bertz CT molecular complexity index is 921. The van der Waals surface area contributed by atoms with Crippen LogP contribution in [-0.2, 0) is 11.4 Å². The molecule has 0 unspecified atom stereocenters. The first-order chi connectivity index (χ1) is 13.5. The molecule has 1 N–H and O–H groups in total. The molecule has 0 saturated heterocycles. The van der Waals surface area contributed by atoms with Crippen molar-refractivity contribution in [3.8, 4) is 22.8 Å².